The summed E-state index contributed by atoms with van der Waals surface area (Å²) < 4.78 is 0. The maximum absolute atomic E-state index is 5.45. The molecule has 0 unspecified atom stereocenters. The monoisotopic (exact) mass is 239 g/mol. The molecular formula is C10H13N3S2. The summed E-state index contributed by atoms with van der Waals surface area (Å²) in [7, 11) is 0. The van der Waals surface area contributed by atoms with Crippen molar-refractivity contribution in [2.24, 2.45) is 5.73 Å². The van der Waals surface area contributed by atoms with Crippen LogP contribution in [-0.4, -0.2) is 16.5 Å². The molecule has 0 saturated carbocycles. The van der Waals surface area contributed by atoms with Crippen molar-refractivity contribution in [2.75, 3.05) is 6.54 Å². The van der Waals surface area contributed by atoms with Gasteiger partial charge in [-0.2, -0.15) is 0 Å². The van der Waals surface area contributed by atoms with E-state index >= 15 is 0 Å². The fourth-order valence-corrected chi connectivity index (χ4v) is 2.74. The van der Waals surface area contributed by atoms with Crippen molar-refractivity contribution >= 4 is 22.7 Å². The topological polar surface area (TPSA) is 51.8 Å². The SMILES string of the molecule is NCCCCc1csc(-c2cscn2)n1. The van der Waals surface area contributed by atoms with Crippen LogP contribution in [0.25, 0.3) is 10.7 Å². The lowest BCUT2D eigenvalue weighted by Gasteiger charge is -1.94. The highest BCUT2D eigenvalue weighted by atomic mass is 32.1. The fourth-order valence-electron chi connectivity index (χ4n) is 1.31. The van der Waals surface area contributed by atoms with Crippen LogP contribution in [0.4, 0.5) is 0 Å². The van der Waals surface area contributed by atoms with Gasteiger partial charge in [0.15, 0.2) is 0 Å². The molecule has 3 nitrogen and oxygen atoms in total. The summed E-state index contributed by atoms with van der Waals surface area (Å²) in [5.74, 6) is 0. The summed E-state index contributed by atoms with van der Waals surface area (Å²) in [5.41, 5.74) is 9.45. The minimum absolute atomic E-state index is 0.767. The Bertz CT molecular complexity index is 394. The van der Waals surface area contributed by atoms with Gasteiger partial charge in [0, 0.05) is 10.8 Å². The first-order valence-corrected chi connectivity index (χ1v) is 6.75. The molecule has 0 aromatic carbocycles. The molecule has 2 aromatic rings. The number of unbranched alkanes of at least 4 members (excludes halogenated alkanes) is 1. The number of hydrogen-bond donors (Lipinski definition) is 1. The average Bonchev–Trinajstić information content (AvgIpc) is 2.87. The van der Waals surface area contributed by atoms with Crippen molar-refractivity contribution in [1.29, 1.82) is 0 Å². The first-order chi connectivity index (χ1) is 7.40. The van der Waals surface area contributed by atoms with Gasteiger partial charge in [0.1, 0.15) is 10.7 Å². The number of rotatable bonds is 5. The molecule has 0 saturated heterocycles. The van der Waals surface area contributed by atoms with Gasteiger partial charge in [0.25, 0.3) is 0 Å². The van der Waals surface area contributed by atoms with Crippen LogP contribution in [0.3, 0.4) is 0 Å². The molecule has 5 heteroatoms. The van der Waals surface area contributed by atoms with Crippen LogP contribution in [0.1, 0.15) is 18.5 Å². The standard InChI is InChI=1S/C10H13N3S2/c11-4-2-1-3-8-5-15-10(13-8)9-6-14-7-12-9/h5-7H,1-4,11H2. The van der Waals surface area contributed by atoms with E-state index in [1.165, 1.54) is 0 Å². The van der Waals surface area contributed by atoms with E-state index in [0.29, 0.717) is 0 Å². The number of aromatic nitrogens is 2. The van der Waals surface area contributed by atoms with E-state index in [-0.39, 0.29) is 0 Å². The number of hydrogen-bond acceptors (Lipinski definition) is 5. The second-order valence-electron chi connectivity index (χ2n) is 3.26. The van der Waals surface area contributed by atoms with Crippen molar-refractivity contribution in [3.63, 3.8) is 0 Å². The molecule has 2 heterocycles. The second-order valence-corrected chi connectivity index (χ2v) is 4.84. The van der Waals surface area contributed by atoms with E-state index in [2.05, 4.69) is 15.3 Å². The Morgan fingerprint density at radius 3 is 2.93 bits per heavy atom. The lowest BCUT2D eigenvalue weighted by atomic mass is 10.2. The van der Waals surface area contributed by atoms with Gasteiger partial charge in [-0.3, -0.25) is 0 Å². The Balaban J connectivity index is 1.98. The number of thiazole rings is 2. The summed E-state index contributed by atoms with van der Waals surface area (Å²) in [6.07, 6.45) is 3.22. The third kappa shape index (κ3) is 2.84. The summed E-state index contributed by atoms with van der Waals surface area (Å²) >= 11 is 3.27. The third-order valence-corrected chi connectivity index (χ3v) is 3.59. The van der Waals surface area contributed by atoms with Gasteiger partial charge in [-0.15, -0.1) is 22.7 Å². The van der Waals surface area contributed by atoms with Crippen LogP contribution in [0.15, 0.2) is 16.3 Å². The highest BCUT2D eigenvalue weighted by molar-refractivity contribution is 7.13. The molecule has 0 atom stereocenters. The molecule has 0 fully saturated rings. The predicted octanol–water partition coefficient (Wildman–Crippen LogP) is 2.55. The van der Waals surface area contributed by atoms with E-state index in [4.69, 9.17) is 5.73 Å². The Morgan fingerprint density at radius 2 is 2.20 bits per heavy atom. The first-order valence-electron chi connectivity index (χ1n) is 4.93. The summed E-state index contributed by atoms with van der Waals surface area (Å²) in [6, 6.07) is 0. The molecule has 15 heavy (non-hydrogen) atoms. The Kier molecular flexibility index (Phi) is 3.82. The molecule has 2 aromatic heterocycles. The van der Waals surface area contributed by atoms with Gasteiger partial charge in [0.05, 0.1) is 11.2 Å². The van der Waals surface area contributed by atoms with Gasteiger partial charge in [-0.25, -0.2) is 9.97 Å². The second kappa shape index (κ2) is 5.34. The van der Waals surface area contributed by atoms with Gasteiger partial charge in [-0.05, 0) is 25.8 Å². The van der Waals surface area contributed by atoms with Crippen molar-refractivity contribution < 1.29 is 0 Å². The summed E-state index contributed by atoms with van der Waals surface area (Å²) in [6.45, 7) is 0.767. The molecule has 2 N–H and O–H groups in total. The Hall–Kier alpha value is -0.780. The van der Waals surface area contributed by atoms with Crippen molar-refractivity contribution in [3.8, 4) is 10.7 Å². The van der Waals surface area contributed by atoms with Gasteiger partial charge < -0.3 is 5.73 Å². The lowest BCUT2D eigenvalue weighted by Crippen LogP contribution is -1.99. The van der Waals surface area contributed by atoms with E-state index in [9.17, 15) is 0 Å². The smallest absolute Gasteiger partial charge is 0.142 e. The Labute approximate surface area is 97.0 Å². The zero-order valence-electron chi connectivity index (χ0n) is 8.35. The molecule has 0 aliphatic rings. The highest BCUT2D eigenvalue weighted by Crippen LogP contribution is 2.23. The molecule has 0 bridgehead atoms. The van der Waals surface area contributed by atoms with Gasteiger partial charge in [0.2, 0.25) is 0 Å². The summed E-state index contributed by atoms with van der Waals surface area (Å²) in [5, 5.41) is 5.17. The zero-order valence-corrected chi connectivity index (χ0v) is 9.98. The van der Waals surface area contributed by atoms with Crippen LogP contribution in [-0.2, 0) is 6.42 Å². The van der Waals surface area contributed by atoms with Crippen molar-refractivity contribution in [3.05, 3.63) is 22.0 Å². The van der Waals surface area contributed by atoms with E-state index < -0.39 is 0 Å². The fraction of sp³-hybridized carbons (Fsp3) is 0.400. The molecule has 0 radical (unpaired) electrons. The van der Waals surface area contributed by atoms with E-state index in [1.54, 1.807) is 22.7 Å². The van der Waals surface area contributed by atoms with Crippen molar-refractivity contribution in [1.82, 2.24) is 9.97 Å². The number of aryl methyl sites for hydroxylation is 1. The van der Waals surface area contributed by atoms with Crippen LogP contribution in [0.5, 0.6) is 0 Å². The number of nitrogens with zero attached hydrogens (tertiary/aromatic N) is 2. The number of nitrogens with two attached hydrogens (primary N) is 1. The molecule has 80 valence electrons. The van der Waals surface area contributed by atoms with E-state index in [0.717, 1.165) is 42.2 Å². The Morgan fingerprint density at radius 1 is 1.27 bits per heavy atom. The quantitative estimate of drug-likeness (QED) is 0.816. The van der Waals surface area contributed by atoms with E-state index in [1.807, 2.05) is 10.9 Å². The summed E-state index contributed by atoms with van der Waals surface area (Å²) in [4.78, 5) is 8.79. The molecule has 0 amide bonds. The third-order valence-electron chi connectivity index (χ3n) is 2.09. The van der Waals surface area contributed by atoms with Crippen LogP contribution >= 0.6 is 22.7 Å². The van der Waals surface area contributed by atoms with Gasteiger partial charge in [-0.1, -0.05) is 0 Å². The normalized spacial score (nSPS) is 10.7. The maximum Gasteiger partial charge on any atom is 0.142 e. The van der Waals surface area contributed by atoms with Crippen molar-refractivity contribution in [2.45, 2.75) is 19.3 Å². The zero-order chi connectivity index (χ0) is 10.5. The molecule has 2 rings (SSSR count). The molecular weight excluding hydrogens is 226 g/mol. The average molecular weight is 239 g/mol. The minimum atomic E-state index is 0.767. The first kappa shape index (κ1) is 10.7. The van der Waals surface area contributed by atoms with Crippen LogP contribution in [0.2, 0.25) is 0 Å². The molecule has 0 spiro atoms. The van der Waals surface area contributed by atoms with Gasteiger partial charge >= 0.3 is 0 Å². The van der Waals surface area contributed by atoms with Crippen LogP contribution < -0.4 is 5.73 Å². The molecule has 0 aliphatic heterocycles. The maximum atomic E-state index is 5.45. The predicted molar refractivity (Wildman–Crippen MR) is 65.2 cm³/mol. The van der Waals surface area contributed by atoms with Crippen LogP contribution in [0, 0.1) is 0 Å². The largest absolute Gasteiger partial charge is 0.330 e. The minimum Gasteiger partial charge on any atom is -0.330 e. The molecule has 0 aliphatic carbocycles. The lowest BCUT2D eigenvalue weighted by molar-refractivity contribution is 0.736. The highest BCUT2D eigenvalue weighted by Gasteiger charge is 2.05.